The molecule has 9 nitrogen and oxygen atoms in total. The van der Waals surface area contributed by atoms with E-state index in [1.165, 1.54) is 0 Å². The standard InChI is InChI=1S/C22H33N7O2/c1-15-6-9-29(14-15)20-23-12-16(13-24-20)18(30)27(5)17-7-10-28(11-8-17)21-25-19(26-31-21)22(2,3)4/h12-13,15,17H,6-11,14H2,1-5H3. The van der Waals surface area contributed by atoms with E-state index < -0.39 is 0 Å². The molecule has 2 aromatic heterocycles. The average molecular weight is 428 g/mol. The molecule has 1 unspecified atom stereocenters. The number of carbonyl (C=O) groups excluding carboxylic acids is 1. The van der Waals surface area contributed by atoms with Crippen molar-refractivity contribution in [1.29, 1.82) is 0 Å². The first-order valence-electron chi connectivity index (χ1n) is 11.2. The molecule has 31 heavy (non-hydrogen) atoms. The summed E-state index contributed by atoms with van der Waals surface area (Å²) in [5, 5.41) is 4.11. The van der Waals surface area contributed by atoms with E-state index in [4.69, 9.17) is 4.52 Å². The minimum atomic E-state index is -0.142. The molecule has 4 heterocycles. The van der Waals surface area contributed by atoms with Gasteiger partial charge < -0.3 is 19.2 Å². The van der Waals surface area contributed by atoms with Gasteiger partial charge in [0.15, 0.2) is 5.82 Å². The third-order valence-corrected chi connectivity index (χ3v) is 6.28. The second-order valence-electron chi connectivity index (χ2n) is 9.90. The van der Waals surface area contributed by atoms with Gasteiger partial charge in [-0.2, -0.15) is 4.98 Å². The van der Waals surface area contributed by atoms with E-state index in [1.54, 1.807) is 12.4 Å². The average Bonchev–Trinajstić information content (AvgIpc) is 3.42. The third kappa shape index (κ3) is 4.65. The molecule has 0 bridgehead atoms. The normalized spacial score (nSPS) is 20.4. The Morgan fingerprint density at radius 2 is 1.74 bits per heavy atom. The number of piperidine rings is 1. The van der Waals surface area contributed by atoms with E-state index in [1.807, 2.05) is 11.9 Å². The number of rotatable bonds is 4. The van der Waals surface area contributed by atoms with Gasteiger partial charge in [-0.3, -0.25) is 4.79 Å². The Kier molecular flexibility index (Phi) is 5.85. The quantitative estimate of drug-likeness (QED) is 0.736. The summed E-state index contributed by atoms with van der Waals surface area (Å²) in [5.41, 5.74) is 0.393. The molecule has 2 saturated heterocycles. The summed E-state index contributed by atoms with van der Waals surface area (Å²) in [7, 11) is 1.86. The highest BCUT2D eigenvalue weighted by atomic mass is 16.5. The third-order valence-electron chi connectivity index (χ3n) is 6.28. The maximum absolute atomic E-state index is 13.0. The van der Waals surface area contributed by atoms with Crippen LogP contribution < -0.4 is 9.80 Å². The molecule has 2 aromatic rings. The second kappa shape index (κ2) is 8.43. The summed E-state index contributed by atoms with van der Waals surface area (Å²) in [6.45, 7) is 11.9. The number of hydrogen-bond donors (Lipinski definition) is 0. The fraction of sp³-hybridized carbons (Fsp3) is 0.682. The maximum Gasteiger partial charge on any atom is 0.324 e. The van der Waals surface area contributed by atoms with Gasteiger partial charge in [-0.1, -0.05) is 32.9 Å². The van der Waals surface area contributed by atoms with E-state index >= 15 is 0 Å². The van der Waals surface area contributed by atoms with Crippen LogP contribution in [0.1, 0.15) is 63.1 Å². The topological polar surface area (TPSA) is 91.5 Å². The largest absolute Gasteiger partial charge is 0.341 e. The molecule has 9 heteroatoms. The molecule has 0 N–H and O–H groups in total. The van der Waals surface area contributed by atoms with Crippen LogP contribution in [0.3, 0.4) is 0 Å². The zero-order chi connectivity index (χ0) is 22.2. The van der Waals surface area contributed by atoms with Crippen LogP contribution in [0, 0.1) is 5.92 Å². The fourth-order valence-corrected chi connectivity index (χ4v) is 4.17. The van der Waals surface area contributed by atoms with E-state index in [0.717, 1.165) is 45.4 Å². The van der Waals surface area contributed by atoms with Crippen molar-refractivity contribution < 1.29 is 9.32 Å². The molecular formula is C22H33N7O2. The van der Waals surface area contributed by atoms with Crippen molar-refractivity contribution in [2.45, 2.75) is 58.4 Å². The van der Waals surface area contributed by atoms with Crippen molar-refractivity contribution in [3.63, 3.8) is 0 Å². The summed E-state index contributed by atoms with van der Waals surface area (Å²) in [5.74, 6) is 2.05. The zero-order valence-corrected chi connectivity index (χ0v) is 19.2. The maximum atomic E-state index is 13.0. The number of carbonyl (C=O) groups is 1. The first-order chi connectivity index (χ1) is 14.7. The molecule has 2 aliphatic heterocycles. The lowest BCUT2D eigenvalue weighted by atomic mass is 9.96. The van der Waals surface area contributed by atoms with Crippen LogP contribution in [0.2, 0.25) is 0 Å². The monoisotopic (exact) mass is 427 g/mol. The molecule has 0 aliphatic carbocycles. The van der Waals surface area contributed by atoms with Gasteiger partial charge in [0.1, 0.15) is 0 Å². The smallest absolute Gasteiger partial charge is 0.324 e. The van der Waals surface area contributed by atoms with Gasteiger partial charge in [0, 0.05) is 57.1 Å². The summed E-state index contributed by atoms with van der Waals surface area (Å²) < 4.78 is 5.47. The lowest BCUT2D eigenvalue weighted by molar-refractivity contribution is 0.0707. The summed E-state index contributed by atoms with van der Waals surface area (Å²) in [4.78, 5) is 32.5. The van der Waals surface area contributed by atoms with Crippen LogP contribution >= 0.6 is 0 Å². The molecule has 2 aliphatic rings. The highest BCUT2D eigenvalue weighted by molar-refractivity contribution is 5.93. The van der Waals surface area contributed by atoms with E-state index in [2.05, 4.69) is 57.6 Å². The first-order valence-corrected chi connectivity index (χ1v) is 11.2. The van der Waals surface area contributed by atoms with Gasteiger partial charge in [-0.25, -0.2) is 9.97 Å². The van der Waals surface area contributed by atoms with Gasteiger partial charge in [-0.05, 0) is 25.2 Å². The molecule has 2 fully saturated rings. The van der Waals surface area contributed by atoms with Crippen LogP contribution in [0.5, 0.6) is 0 Å². The van der Waals surface area contributed by atoms with Gasteiger partial charge >= 0.3 is 6.01 Å². The molecule has 168 valence electrons. The molecule has 0 radical (unpaired) electrons. The van der Waals surface area contributed by atoms with Gasteiger partial charge in [0.25, 0.3) is 5.91 Å². The summed E-state index contributed by atoms with van der Waals surface area (Å²) >= 11 is 0. The predicted molar refractivity (Wildman–Crippen MR) is 118 cm³/mol. The van der Waals surface area contributed by atoms with Crippen molar-refractivity contribution >= 4 is 17.9 Å². The van der Waals surface area contributed by atoms with Crippen LogP contribution in [-0.2, 0) is 5.41 Å². The number of hydrogen-bond acceptors (Lipinski definition) is 8. The van der Waals surface area contributed by atoms with E-state index in [-0.39, 0.29) is 17.4 Å². The second-order valence-corrected chi connectivity index (χ2v) is 9.90. The Morgan fingerprint density at radius 1 is 1.10 bits per heavy atom. The Morgan fingerprint density at radius 3 is 2.29 bits per heavy atom. The SMILES string of the molecule is CC1CCN(c2ncc(C(=O)N(C)C3CCN(c4nc(C(C)(C)C)no4)CC3)cn2)C1. The Labute approximate surface area is 183 Å². The van der Waals surface area contributed by atoms with Crippen LogP contribution in [0.15, 0.2) is 16.9 Å². The minimum Gasteiger partial charge on any atom is -0.341 e. The molecule has 0 saturated carbocycles. The van der Waals surface area contributed by atoms with Crippen LogP contribution in [-0.4, -0.2) is 70.2 Å². The van der Waals surface area contributed by atoms with Gasteiger partial charge in [-0.15, -0.1) is 0 Å². The van der Waals surface area contributed by atoms with Gasteiger partial charge in [0.05, 0.1) is 5.56 Å². The lowest BCUT2D eigenvalue weighted by Crippen LogP contribution is -2.45. The van der Waals surface area contributed by atoms with E-state index in [9.17, 15) is 4.79 Å². The Balaban J connectivity index is 1.33. The molecule has 1 atom stereocenters. The Hall–Kier alpha value is -2.71. The van der Waals surface area contributed by atoms with Crippen molar-refractivity contribution in [1.82, 2.24) is 25.0 Å². The van der Waals surface area contributed by atoms with Crippen LogP contribution in [0.4, 0.5) is 12.0 Å². The predicted octanol–water partition coefficient (Wildman–Crippen LogP) is 2.74. The number of anilines is 2. The number of nitrogens with zero attached hydrogens (tertiary/aromatic N) is 7. The van der Waals surface area contributed by atoms with Gasteiger partial charge in [0.2, 0.25) is 5.95 Å². The zero-order valence-electron chi connectivity index (χ0n) is 19.2. The van der Waals surface area contributed by atoms with E-state index in [0.29, 0.717) is 29.3 Å². The van der Waals surface area contributed by atoms with Crippen molar-refractivity contribution in [2.24, 2.45) is 5.92 Å². The Bertz CT molecular complexity index is 897. The highest BCUT2D eigenvalue weighted by Crippen LogP contribution is 2.25. The molecule has 1 amide bonds. The molecular weight excluding hydrogens is 394 g/mol. The highest BCUT2D eigenvalue weighted by Gasteiger charge is 2.30. The van der Waals surface area contributed by atoms with Crippen molar-refractivity contribution in [3.05, 3.63) is 23.8 Å². The minimum absolute atomic E-state index is 0.0346. The number of aromatic nitrogens is 4. The molecule has 0 aromatic carbocycles. The fourth-order valence-electron chi connectivity index (χ4n) is 4.17. The summed E-state index contributed by atoms with van der Waals surface area (Å²) in [6, 6.07) is 0.727. The van der Waals surface area contributed by atoms with Crippen molar-refractivity contribution in [3.8, 4) is 0 Å². The lowest BCUT2D eigenvalue weighted by Gasteiger charge is -2.35. The number of amides is 1. The molecule has 0 spiro atoms. The summed E-state index contributed by atoms with van der Waals surface area (Å²) in [6.07, 6.45) is 6.17. The first kappa shape index (κ1) is 21.5. The van der Waals surface area contributed by atoms with Crippen molar-refractivity contribution in [2.75, 3.05) is 43.0 Å². The van der Waals surface area contributed by atoms with Crippen LogP contribution in [0.25, 0.3) is 0 Å². The molecule has 4 rings (SSSR count).